The van der Waals surface area contributed by atoms with Gasteiger partial charge in [-0.15, -0.1) is 5.10 Å². The normalized spacial score (nSPS) is 13.0. The summed E-state index contributed by atoms with van der Waals surface area (Å²) in [6.07, 6.45) is 0.608. The van der Waals surface area contributed by atoms with Crippen LogP contribution in [0.15, 0.2) is 29.4 Å². The van der Waals surface area contributed by atoms with Crippen molar-refractivity contribution in [3.8, 4) is 5.82 Å². The molecule has 0 aromatic heterocycles. The number of rotatable bonds is 0. The minimum atomic E-state index is -0.759. The third-order valence-electron chi connectivity index (χ3n) is 2.90. The maximum Gasteiger partial charge on any atom is 0.434 e. The Balaban J connectivity index is 2.16. The van der Waals surface area contributed by atoms with Crippen LogP contribution in [0, 0.1) is 0 Å². The van der Waals surface area contributed by atoms with Gasteiger partial charge in [0.25, 0.3) is 0 Å². The Morgan fingerprint density at radius 2 is 2.09 bits per heavy atom. The monoisotopic (exact) mass is 335 g/mol. The maximum absolute atomic E-state index is 11.8. The molecule has 0 radical (unpaired) electrons. The van der Waals surface area contributed by atoms with E-state index in [9.17, 15) is 10.0 Å². The molecule has 2 heterocycles. The molecule has 2 aliphatic heterocycles. The molecule has 0 bridgehead atoms. The van der Waals surface area contributed by atoms with E-state index in [2.05, 4.69) is 15.2 Å². The number of fused-ring (bicyclic) bond motifs is 3. The molecule has 8 nitrogen and oxygen atoms in total. The van der Waals surface area contributed by atoms with Crippen LogP contribution >= 0.6 is 11.6 Å². The lowest BCUT2D eigenvalue weighted by Crippen LogP contribution is -2.24. The third-order valence-corrected chi connectivity index (χ3v) is 3.14. The van der Waals surface area contributed by atoms with E-state index >= 15 is 0 Å². The fourth-order valence-corrected chi connectivity index (χ4v) is 2.21. The largest absolute Gasteiger partial charge is 0.442 e. The molecule has 1 aromatic rings. The highest BCUT2D eigenvalue weighted by atomic mass is 35.5. The summed E-state index contributed by atoms with van der Waals surface area (Å²) in [4.78, 5) is 16.4. The Bertz CT molecular complexity index is 938. The predicted molar refractivity (Wildman–Crippen MR) is 82.0 cm³/mol. The highest BCUT2D eigenvalue weighted by molar-refractivity contribution is 6.31. The Hall–Kier alpha value is -2.61. The lowest BCUT2D eigenvalue weighted by molar-refractivity contribution is 0.0597. The standard InChI is InChI=1S/C14H14ClN5O3/c1-14(2,3)23-13(21)17-9-7-16-19-11-6-8(15)4-5-10(11)20(22)18-12(9)19/h4-7,22H,1-3H3/b17-9+. The minimum absolute atomic E-state index is 0.184. The van der Waals surface area contributed by atoms with E-state index in [1.807, 2.05) is 0 Å². The van der Waals surface area contributed by atoms with Gasteiger partial charge in [0.15, 0.2) is 0 Å². The van der Waals surface area contributed by atoms with Crippen molar-refractivity contribution in [1.82, 2.24) is 19.7 Å². The van der Waals surface area contributed by atoms with Gasteiger partial charge in [-0.1, -0.05) is 16.4 Å². The Morgan fingerprint density at radius 3 is 2.78 bits per heavy atom. The van der Waals surface area contributed by atoms with Crippen LogP contribution in [0.5, 0.6) is 0 Å². The van der Waals surface area contributed by atoms with Gasteiger partial charge >= 0.3 is 6.09 Å². The van der Waals surface area contributed by atoms with Crippen LogP contribution in [0.3, 0.4) is 0 Å². The summed E-state index contributed by atoms with van der Waals surface area (Å²) in [6, 6.07) is 4.86. The zero-order chi connectivity index (χ0) is 16.8. The average Bonchev–Trinajstić information content (AvgIpc) is 2.79. The fourth-order valence-electron chi connectivity index (χ4n) is 2.04. The third kappa shape index (κ3) is 2.98. The zero-order valence-corrected chi connectivity index (χ0v) is 13.4. The molecule has 120 valence electrons. The van der Waals surface area contributed by atoms with Crippen molar-refractivity contribution in [1.29, 1.82) is 0 Å². The molecule has 0 aliphatic carbocycles. The van der Waals surface area contributed by atoms with Crippen molar-refractivity contribution < 1.29 is 14.7 Å². The van der Waals surface area contributed by atoms with Crippen LogP contribution in [0.2, 0.25) is 5.02 Å². The Labute approximate surface area is 135 Å². The highest BCUT2D eigenvalue weighted by Crippen LogP contribution is 2.20. The number of benzene rings is 1. The molecule has 9 heteroatoms. The van der Waals surface area contributed by atoms with Crippen LogP contribution in [-0.4, -0.2) is 36.6 Å². The van der Waals surface area contributed by atoms with E-state index in [1.54, 1.807) is 39.0 Å². The van der Waals surface area contributed by atoms with E-state index in [4.69, 9.17) is 16.3 Å². The zero-order valence-electron chi connectivity index (χ0n) is 12.7. The fraction of sp³-hybridized carbons (Fsp3) is 0.286. The molecule has 0 spiro atoms. The van der Waals surface area contributed by atoms with Gasteiger partial charge in [0.05, 0.1) is 11.7 Å². The van der Waals surface area contributed by atoms with Crippen LogP contribution in [0.1, 0.15) is 20.8 Å². The number of amides is 1. The maximum atomic E-state index is 11.8. The highest BCUT2D eigenvalue weighted by Gasteiger charge is 2.18. The molecule has 1 aromatic carbocycles. The van der Waals surface area contributed by atoms with Gasteiger partial charge in [0.2, 0.25) is 5.82 Å². The van der Waals surface area contributed by atoms with Gasteiger partial charge in [0, 0.05) is 5.02 Å². The van der Waals surface area contributed by atoms with E-state index in [-0.39, 0.29) is 11.2 Å². The lowest BCUT2D eigenvalue weighted by Gasteiger charge is -2.17. The first-order chi connectivity index (χ1) is 10.7. The molecular weight excluding hydrogens is 322 g/mol. The summed E-state index contributed by atoms with van der Waals surface area (Å²) in [5.74, 6) is 0.202. The predicted octanol–water partition coefficient (Wildman–Crippen LogP) is 2.39. The van der Waals surface area contributed by atoms with Crippen LogP contribution in [0.4, 0.5) is 4.79 Å². The number of carbonyl (C=O) groups excluding carboxylic acids is 1. The van der Waals surface area contributed by atoms with Gasteiger partial charge < -0.3 is 9.94 Å². The van der Waals surface area contributed by atoms with E-state index in [0.29, 0.717) is 20.9 Å². The SMILES string of the molecule is CC(C)(C)OC(=O)/N=c1\cnn2c3cc(Cl)ccc3n(O)nc1-2. The van der Waals surface area contributed by atoms with Gasteiger partial charge in [-0.2, -0.15) is 10.1 Å². The van der Waals surface area contributed by atoms with Crippen molar-refractivity contribution in [3.63, 3.8) is 0 Å². The molecular formula is C14H14ClN5O3. The van der Waals surface area contributed by atoms with Crippen molar-refractivity contribution in [2.75, 3.05) is 0 Å². The van der Waals surface area contributed by atoms with Crippen molar-refractivity contribution in [2.45, 2.75) is 26.4 Å². The summed E-state index contributed by atoms with van der Waals surface area (Å²) in [7, 11) is 0. The molecule has 0 fully saturated rings. The first-order valence-electron chi connectivity index (χ1n) is 6.78. The van der Waals surface area contributed by atoms with Gasteiger partial charge in [-0.25, -0.2) is 9.48 Å². The molecule has 1 amide bonds. The second-order valence-corrected chi connectivity index (χ2v) is 6.32. The Kier molecular flexibility index (Phi) is 3.48. The van der Waals surface area contributed by atoms with Crippen molar-refractivity contribution >= 4 is 28.7 Å². The summed E-state index contributed by atoms with van der Waals surface area (Å²) >= 11 is 5.99. The molecule has 3 rings (SSSR count). The number of hydrogen-bond acceptors (Lipinski definition) is 5. The molecule has 0 unspecified atom stereocenters. The first-order valence-corrected chi connectivity index (χ1v) is 7.16. The summed E-state index contributed by atoms with van der Waals surface area (Å²) in [6.45, 7) is 5.23. The van der Waals surface area contributed by atoms with Crippen LogP contribution in [0.25, 0.3) is 16.9 Å². The lowest BCUT2D eigenvalue weighted by atomic mass is 10.2. The van der Waals surface area contributed by atoms with E-state index in [0.717, 1.165) is 0 Å². The first kappa shape index (κ1) is 15.3. The molecule has 0 saturated heterocycles. The van der Waals surface area contributed by atoms with Crippen LogP contribution in [-0.2, 0) is 4.74 Å². The van der Waals surface area contributed by atoms with E-state index in [1.165, 1.54) is 10.9 Å². The Morgan fingerprint density at radius 1 is 1.35 bits per heavy atom. The summed E-state index contributed by atoms with van der Waals surface area (Å²) < 4.78 is 6.58. The number of hydrogen-bond donors (Lipinski definition) is 1. The molecule has 0 atom stereocenters. The average molecular weight is 336 g/mol. The van der Waals surface area contributed by atoms with Crippen LogP contribution < -0.4 is 5.36 Å². The molecule has 2 aliphatic rings. The summed E-state index contributed by atoms with van der Waals surface area (Å²) in [5, 5.41) is 18.8. The van der Waals surface area contributed by atoms with Crippen molar-refractivity contribution in [3.05, 3.63) is 34.8 Å². The van der Waals surface area contributed by atoms with Gasteiger partial charge in [-0.3, -0.25) is 0 Å². The topological polar surface area (TPSA) is 94.5 Å². The van der Waals surface area contributed by atoms with Gasteiger partial charge in [0.1, 0.15) is 16.5 Å². The molecule has 0 saturated carbocycles. The van der Waals surface area contributed by atoms with E-state index < -0.39 is 11.7 Å². The quantitative estimate of drug-likeness (QED) is 0.636. The minimum Gasteiger partial charge on any atom is -0.442 e. The smallest absolute Gasteiger partial charge is 0.434 e. The number of nitrogens with zero attached hydrogens (tertiary/aromatic N) is 5. The van der Waals surface area contributed by atoms with Gasteiger partial charge in [-0.05, 0) is 39.0 Å². The number of ether oxygens (including phenoxy) is 1. The molecule has 23 heavy (non-hydrogen) atoms. The second kappa shape index (κ2) is 5.24. The number of carbonyl (C=O) groups is 1. The summed E-state index contributed by atoms with van der Waals surface area (Å²) in [5.41, 5.74) is 0.276. The second-order valence-electron chi connectivity index (χ2n) is 5.88. The molecule has 1 N–H and O–H groups in total. The number of aromatic nitrogens is 4. The number of halogens is 1. The van der Waals surface area contributed by atoms with Crippen molar-refractivity contribution in [2.24, 2.45) is 4.99 Å².